The van der Waals surface area contributed by atoms with E-state index in [1.54, 1.807) is 60.7 Å². The van der Waals surface area contributed by atoms with Crippen LogP contribution in [0.2, 0.25) is 15.1 Å². The molecule has 0 radical (unpaired) electrons. The Morgan fingerprint density at radius 1 is 0.842 bits per heavy atom. The maximum atomic E-state index is 12.7. The van der Waals surface area contributed by atoms with Gasteiger partial charge in [0.25, 0.3) is 5.91 Å². The molecule has 0 aliphatic heterocycles. The normalized spacial score (nSPS) is 10.9. The third-order valence-corrected chi connectivity index (χ3v) is 6.27. The van der Waals surface area contributed by atoms with Crippen LogP contribution < -0.4 is 14.8 Å². The van der Waals surface area contributed by atoms with Gasteiger partial charge < -0.3 is 14.8 Å². The van der Waals surface area contributed by atoms with Crippen LogP contribution in [0.15, 0.2) is 96.6 Å². The van der Waals surface area contributed by atoms with Gasteiger partial charge >= 0.3 is 0 Å². The molecule has 0 saturated heterocycles. The van der Waals surface area contributed by atoms with E-state index in [0.29, 0.717) is 44.4 Å². The number of rotatable bonds is 9. The molecule has 0 heterocycles. The Morgan fingerprint density at radius 2 is 1.61 bits per heavy atom. The standard InChI is InChI=1S/C30H21Cl3N2O3/c31-24-8-7-22(27(32)16-24)19-38-29-13-6-21(15-28(29)33)14-23(17-34)30(36)35-25-9-11-26(12-10-25)37-18-20-4-2-1-3-5-20/h1-16H,18-19H2,(H,35,36)/b23-14+. The maximum absolute atomic E-state index is 12.7. The molecule has 0 saturated carbocycles. The van der Waals surface area contributed by atoms with Crippen LogP contribution in [-0.4, -0.2) is 5.91 Å². The molecule has 1 amide bonds. The molecule has 0 bridgehead atoms. The van der Waals surface area contributed by atoms with Gasteiger partial charge in [-0.05, 0) is 65.7 Å². The summed E-state index contributed by atoms with van der Waals surface area (Å²) >= 11 is 18.5. The Kier molecular flexibility index (Phi) is 9.29. The largest absolute Gasteiger partial charge is 0.489 e. The zero-order chi connectivity index (χ0) is 26.9. The van der Waals surface area contributed by atoms with Crippen molar-refractivity contribution in [3.63, 3.8) is 0 Å². The van der Waals surface area contributed by atoms with Crippen LogP contribution in [0.5, 0.6) is 11.5 Å². The van der Waals surface area contributed by atoms with Crippen molar-refractivity contribution >= 4 is 52.5 Å². The van der Waals surface area contributed by atoms with Crippen molar-refractivity contribution in [2.75, 3.05) is 5.32 Å². The second-order valence-electron chi connectivity index (χ2n) is 8.14. The van der Waals surface area contributed by atoms with Crippen LogP contribution in [0, 0.1) is 11.3 Å². The molecular formula is C30H21Cl3N2O3. The molecule has 4 rings (SSSR count). The second-order valence-corrected chi connectivity index (χ2v) is 9.39. The molecule has 1 N–H and O–H groups in total. The van der Waals surface area contributed by atoms with Gasteiger partial charge in [-0.2, -0.15) is 5.26 Å². The van der Waals surface area contributed by atoms with E-state index in [4.69, 9.17) is 44.3 Å². The lowest BCUT2D eigenvalue weighted by Gasteiger charge is -2.10. The molecular weight excluding hydrogens is 543 g/mol. The molecule has 4 aromatic rings. The van der Waals surface area contributed by atoms with Gasteiger partial charge in [-0.15, -0.1) is 0 Å². The Morgan fingerprint density at radius 3 is 2.29 bits per heavy atom. The number of carbonyl (C=O) groups is 1. The molecule has 0 spiro atoms. The van der Waals surface area contributed by atoms with E-state index in [0.717, 1.165) is 11.1 Å². The molecule has 0 unspecified atom stereocenters. The first-order valence-corrected chi connectivity index (χ1v) is 12.6. The highest BCUT2D eigenvalue weighted by Gasteiger charge is 2.11. The lowest BCUT2D eigenvalue weighted by Crippen LogP contribution is -2.13. The summed E-state index contributed by atoms with van der Waals surface area (Å²) in [5.41, 5.74) is 2.84. The molecule has 0 aromatic heterocycles. The van der Waals surface area contributed by atoms with Crippen LogP contribution in [0.3, 0.4) is 0 Å². The number of halogens is 3. The van der Waals surface area contributed by atoms with Crippen LogP contribution in [-0.2, 0) is 18.0 Å². The van der Waals surface area contributed by atoms with Crippen LogP contribution in [0.25, 0.3) is 6.08 Å². The van der Waals surface area contributed by atoms with E-state index in [-0.39, 0.29) is 12.2 Å². The maximum Gasteiger partial charge on any atom is 0.266 e. The quantitative estimate of drug-likeness (QED) is 0.164. The predicted molar refractivity (Wildman–Crippen MR) is 152 cm³/mol. The summed E-state index contributed by atoms with van der Waals surface area (Å²) in [5.74, 6) is 0.560. The first kappa shape index (κ1) is 27.1. The third-order valence-electron chi connectivity index (χ3n) is 5.39. The van der Waals surface area contributed by atoms with Gasteiger partial charge in [-0.1, -0.05) is 77.3 Å². The molecule has 5 nitrogen and oxygen atoms in total. The van der Waals surface area contributed by atoms with Crippen molar-refractivity contribution in [3.8, 4) is 17.6 Å². The lowest BCUT2D eigenvalue weighted by atomic mass is 10.1. The van der Waals surface area contributed by atoms with E-state index >= 15 is 0 Å². The molecule has 0 atom stereocenters. The van der Waals surface area contributed by atoms with E-state index in [2.05, 4.69) is 5.32 Å². The minimum Gasteiger partial charge on any atom is -0.489 e. The number of ether oxygens (including phenoxy) is 2. The van der Waals surface area contributed by atoms with Crippen LogP contribution in [0.4, 0.5) is 5.69 Å². The monoisotopic (exact) mass is 562 g/mol. The van der Waals surface area contributed by atoms with Crippen molar-refractivity contribution in [2.45, 2.75) is 13.2 Å². The average Bonchev–Trinajstić information content (AvgIpc) is 2.92. The van der Waals surface area contributed by atoms with Gasteiger partial charge in [-0.3, -0.25) is 4.79 Å². The predicted octanol–water partition coefficient (Wildman–Crippen LogP) is 8.35. The fourth-order valence-electron chi connectivity index (χ4n) is 3.41. The SMILES string of the molecule is N#C/C(=C\c1ccc(OCc2ccc(Cl)cc2Cl)c(Cl)c1)C(=O)Nc1ccc(OCc2ccccc2)cc1. The van der Waals surface area contributed by atoms with Gasteiger partial charge in [0.2, 0.25) is 0 Å². The zero-order valence-corrected chi connectivity index (χ0v) is 22.2. The lowest BCUT2D eigenvalue weighted by molar-refractivity contribution is -0.112. The molecule has 0 aliphatic rings. The summed E-state index contributed by atoms with van der Waals surface area (Å²) < 4.78 is 11.5. The number of benzene rings is 4. The van der Waals surface area contributed by atoms with Gasteiger partial charge in [-0.25, -0.2) is 0 Å². The van der Waals surface area contributed by atoms with Crippen molar-refractivity contribution in [2.24, 2.45) is 0 Å². The number of nitriles is 1. The number of nitrogens with one attached hydrogen (secondary N) is 1. The van der Waals surface area contributed by atoms with Gasteiger partial charge in [0.1, 0.15) is 36.4 Å². The molecule has 190 valence electrons. The highest BCUT2D eigenvalue weighted by molar-refractivity contribution is 6.35. The fraction of sp³-hybridized carbons (Fsp3) is 0.0667. The summed E-state index contributed by atoms with van der Waals surface area (Å²) in [6.07, 6.45) is 1.46. The fourth-order valence-corrected chi connectivity index (χ4v) is 4.11. The number of anilines is 1. The Hall–Kier alpha value is -3.95. The van der Waals surface area contributed by atoms with E-state index < -0.39 is 5.91 Å². The molecule has 0 fully saturated rings. The summed E-state index contributed by atoms with van der Waals surface area (Å²) in [7, 11) is 0. The summed E-state index contributed by atoms with van der Waals surface area (Å²) in [6, 6.07) is 28.8. The van der Waals surface area contributed by atoms with Crippen LogP contribution >= 0.6 is 34.8 Å². The van der Waals surface area contributed by atoms with Crippen molar-refractivity contribution < 1.29 is 14.3 Å². The Labute approximate surface area is 235 Å². The van der Waals surface area contributed by atoms with Crippen LogP contribution in [0.1, 0.15) is 16.7 Å². The van der Waals surface area contributed by atoms with E-state index in [9.17, 15) is 10.1 Å². The molecule has 4 aromatic carbocycles. The number of carbonyl (C=O) groups excluding carboxylic acids is 1. The van der Waals surface area contributed by atoms with Gasteiger partial charge in [0.05, 0.1) is 5.02 Å². The Bertz CT molecular complexity index is 1500. The highest BCUT2D eigenvalue weighted by atomic mass is 35.5. The molecule has 0 aliphatic carbocycles. The first-order chi connectivity index (χ1) is 18.4. The molecule has 38 heavy (non-hydrogen) atoms. The average molecular weight is 564 g/mol. The van der Waals surface area contributed by atoms with Crippen molar-refractivity contribution in [1.82, 2.24) is 0 Å². The van der Waals surface area contributed by atoms with Gasteiger partial charge in [0.15, 0.2) is 0 Å². The number of hydrogen-bond donors (Lipinski definition) is 1. The number of amides is 1. The molecule has 8 heteroatoms. The summed E-state index contributed by atoms with van der Waals surface area (Å²) in [6.45, 7) is 0.641. The third kappa shape index (κ3) is 7.53. The van der Waals surface area contributed by atoms with Crippen molar-refractivity contribution in [3.05, 3.63) is 128 Å². The van der Waals surface area contributed by atoms with E-state index in [1.807, 2.05) is 36.4 Å². The van der Waals surface area contributed by atoms with Crippen molar-refractivity contribution in [1.29, 1.82) is 5.26 Å². The first-order valence-electron chi connectivity index (χ1n) is 11.5. The highest BCUT2D eigenvalue weighted by Crippen LogP contribution is 2.29. The van der Waals surface area contributed by atoms with Gasteiger partial charge in [0, 0.05) is 21.3 Å². The number of hydrogen-bond acceptors (Lipinski definition) is 4. The minimum atomic E-state index is -0.542. The summed E-state index contributed by atoms with van der Waals surface area (Å²) in [4.78, 5) is 12.7. The zero-order valence-electron chi connectivity index (χ0n) is 20.0. The second kappa shape index (κ2) is 13.0. The summed E-state index contributed by atoms with van der Waals surface area (Å²) in [5, 5.41) is 13.6. The topological polar surface area (TPSA) is 71.3 Å². The van der Waals surface area contributed by atoms with E-state index in [1.165, 1.54) is 6.08 Å². The number of nitrogens with zero attached hydrogens (tertiary/aromatic N) is 1. The minimum absolute atomic E-state index is 0.0768. The smallest absolute Gasteiger partial charge is 0.266 e. The Balaban J connectivity index is 1.36.